The number of benzene rings is 2. The van der Waals surface area contributed by atoms with E-state index in [1.165, 1.54) is 11.1 Å². The van der Waals surface area contributed by atoms with E-state index in [4.69, 9.17) is 0 Å². The standard InChI is InChI=1S/C23H23N3O/c1-17-15-19-9-5-6-10-22(19)26(17)23(27)21-16-20(12-14-25-21)24-13-11-18-7-3-2-4-8-18/h2-10,12,14,16-17H,11,13,15H2,1H3,(H,24,25). The van der Waals surface area contributed by atoms with E-state index < -0.39 is 0 Å². The fraction of sp³-hybridized carbons (Fsp3) is 0.217. The molecule has 1 N–H and O–H groups in total. The first-order valence-electron chi connectivity index (χ1n) is 9.37. The molecule has 1 aliphatic rings. The van der Waals surface area contributed by atoms with Crippen LogP contribution in [0, 0.1) is 0 Å². The van der Waals surface area contributed by atoms with Gasteiger partial charge < -0.3 is 10.2 Å². The van der Waals surface area contributed by atoms with Gasteiger partial charge in [0.2, 0.25) is 0 Å². The summed E-state index contributed by atoms with van der Waals surface area (Å²) in [6, 6.07) is 22.4. The lowest BCUT2D eigenvalue weighted by atomic mass is 10.1. The highest BCUT2D eigenvalue weighted by Crippen LogP contribution is 2.32. The van der Waals surface area contributed by atoms with Crippen LogP contribution in [0.1, 0.15) is 28.5 Å². The smallest absolute Gasteiger partial charge is 0.277 e. The summed E-state index contributed by atoms with van der Waals surface area (Å²) >= 11 is 0. The van der Waals surface area contributed by atoms with Crippen molar-refractivity contribution in [1.29, 1.82) is 0 Å². The van der Waals surface area contributed by atoms with Crippen molar-refractivity contribution in [2.75, 3.05) is 16.8 Å². The highest BCUT2D eigenvalue weighted by molar-refractivity contribution is 6.06. The van der Waals surface area contributed by atoms with Gasteiger partial charge in [-0.2, -0.15) is 0 Å². The summed E-state index contributed by atoms with van der Waals surface area (Å²) in [5, 5.41) is 3.40. The Kier molecular flexibility index (Phi) is 4.88. The molecule has 0 saturated heterocycles. The molecule has 2 heterocycles. The zero-order chi connectivity index (χ0) is 18.6. The summed E-state index contributed by atoms with van der Waals surface area (Å²) in [5.41, 5.74) is 4.90. The van der Waals surface area contributed by atoms with Crippen LogP contribution in [0.4, 0.5) is 11.4 Å². The second-order valence-corrected chi connectivity index (χ2v) is 6.95. The SMILES string of the molecule is CC1Cc2ccccc2N1C(=O)c1cc(NCCc2ccccc2)ccn1. The van der Waals surface area contributed by atoms with Crippen LogP contribution in [0.5, 0.6) is 0 Å². The van der Waals surface area contributed by atoms with Gasteiger partial charge in [-0.15, -0.1) is 0 Å². The number of amides is 1. The van der Waals surface area contributed by atoms with Crippen molar-refractivity contribution in [1.82, 2.24) is 4.98 Å². The lowest BCUT2D eigenvalue weighted by molar-refractivity contribution is 0.0976. The number of carbonyl (C=O) groups is 1. The molecule has 0 saturated carbocycles. The molecular formula is C23H23N3O. The van der Waals surface area contributed by atoms with Crippen LogP contribution in [0.3, 0.4) is 0 Å². The second-order valence-electron chi connectivity index (χ2n) is 6.95. The molecular weight excluding hydrogens is 334 g/mol. The lowest BCUT2D eigenvalue weighted by Gasteiger charge is -2.22. The first-order valence-corrected chi connectivity index (χ1v) is 9.37. The monoisotopic (exact) mass is 357 g/mol. The minimum absolute atomic E-state index is 0.0424. The van der Waals surface area contributed by atoms with E-state index in [2.05, 4.69) is 35.4 Å². The number of para-hydroxylation sites is 1. The van der Waals surface area contributed by atoms with Crippen molar-refractivity contribution in [2.45, 2.75) is 25.8 Å². The van der Waals surface area contributed by atoms with E-state index in [0.717, 1.165) is 30.8 Å². The van der Waals surface area contributed by atoms with Crippen molar-refractivity contribution in [3.63, 3.8) is 0 Å². The largest absolute Gasteiger partial charge is 0.385 e. The number of carbonyl (C=O) groups excluding carboxylic acids is 1. The maximum Gasteiger partial charge on any atom is 0.277 e. The van der Waals surface area contributed by atoms with Gasteiger partial charge >= 0.3 is 0 Å². The Morgan fingerprint density at radius 3 is 2.74 bits per heavy atom. The van der Waals surface area contributed by atoms with Gasteiger partial charge in [0.25, 0.3) is 5.91 Å². The minimum atomic E-state index is -0.0424. The summed E-state index contributed by atoms with van der Waals surface area (Å²) in [6.07, 6.45) is 3.52. The summed E-state index contributed by atoms with van der Waals surface area (Å²) < 4.78 is 0. The van der Waals surface area contributed by atoms with Crippen LogP contribution >= 0.6 is 0 Å². The molecule has 1 unspecified atom stereocenters. The fourth-order valence-corrected chi connectivity index (χ4v) is 3.65. The average molecular weight is 357 g/mol. The molecule has 4 rings (SSSR count). The molecule has 0 radical (unpaired) electrons. The van der Waals surface area contributed by atoms with Crippen LogP contribution < -0.4 is 10.2 Å². The van der Waals surface area contributed by atoms with Gasteiger partial charge in [0.05, 0.1) is 0 Å². The number of hydrogen-bond donors (Lipinski definition) is 1. The van der Waals surface area contributed by atoms with E-state index in [1.54, 1.807) is 6.20 Å². The van der Waals surface area contributed by atoms with Gasteiger partial charge in [0, 0.05) is 30.2 Å². The van der Waals surface area contributed by atoms with Crippen LogP contribution in [-0.4, -0.2) is 23.5 Å². The quantitative estimate of drug-likeness (QED) is 0.739. The Balaban J connectivity index is 1.47. The van der Waals surface area contributed by atoms with E-state index in [1.807, 2.05) is 53.4 Å². The molecule has 0 spiro atoms. The van der Waals surface area contributed by atoms with Crippen molar-refractivity contribution in [3.8, 4) is 0 Å². The Hall–Kier alpha value is -3.14. The lowest BCUT2D eigenvalue weighted by Crippen LogP contribution is -2.36. The van der Waals surface area contributed by atoms with Gasteiger partial charge in [0.15, 0.2) is 0 Å². The highest BCUT2D eigenvalue weighted by Gasteiger charge is 2.31. The Morgan fingerprint density at radius 2 is 1.89 bits per heavy atom. The first-order chi connectivity index (χ1) is 13.2. The Labute approximate surface area is 159 Å². The van der Waals surface area contributed by atoms with Gasteiger partial charge in [-0.1, -0.05) is 48.5 Å². The fourth-order valence-electron chi connectivity index (χ4n) is 3.65. The molecule has 0 fully saturated rings. The van der Waals surface area contributed by atoms with Crippen molar-refractivity contribution < 1.29 is 4.79 Å². The number of nitrogens with one attached hydrogen (secondary N) is 1. The molecule has 4 heteroatoms. The number of nitrogens with zero attached hydrogens (tertiary/aromatic N) is 2. The van der Waals surface area contributed by atoms with Gasteiger partial charge in [0.1, 0.15) is 5.69 Å². The third kappa shape index (κ3) is 3.70. The van der Waals surface area contributed by atoms with E-state index in [-0.39, 0.29) is 11.9 Å². The van der Waals surface area contributed by atoms with Crippen LogP contribution in [0.2, 0.25) is 0 Å². The molecule has 4 nitrogen and oxygen atoms in total. The number of aromatic nitrogens is 1. The number of pyridine rings is 1. The maximum atomic E-state index is 13.1. The first kappa shape index (κ1) is 17.3. The van der Waals surface area contributed by atoms with Gasteiger partial charge in [-0.3, -0.25) is 9.78 Å². The predicted molar refractivity (Wildman–Crippen MR) is 109 cm³/mol. The molecule has 0 bridgehead atoms. The maximum absolute atomic E-state index is 13.1. The molecule has 0 aliphatic carbocycles. The van der Waals surface area contributed by atoms with E-state index in [9.17, 15) is 4.79 Å². The third-order valence-electron chi connectivity index (χ3n) is 4.99. The van der Waals surface area contributed by atoms with Crippen LogP contribution in [0.25, 0.3) is 0 Å². The predicted octanol–water partition coefficient (Wildman–Crippen LogP) is 4.33. The summed E-state index contributed by atoms with van der Waals surface area (Å²) in [6.45, 7) is 2.89. The van der Waals surface area contributed by atoms with Crippen molar-refractivity contribution >= 4 is 17.3 Å². The normalized spacial score (nSPS) is 15.4. The van der Waals surface area contributed by atoms with E-state index in [0.29, 0.717) is 5.69 Å². The molecule has 1 atom stereocenters. The zero-order valence-corrected chi connectivity index (χ0v) is 15.4. The molecule has 3 aromatic rings. The minimum Gasteiger partial charge on any atom is -0.385 e. The molecule has 136 valence electrons. The zero-order valence-electron chi connectivity index (χ0n) is 15.4. The molecule has 2 aromatic carbocycles. The highest BCUT2D eigenvalue weighted by atomic mass is 16.2. The van der Waals surface area contributed by atoms with Crippen molar-refractivity contribution in [2.24, 2.45) is 0 Å². The molecule has 27 heavy (non-hydrogen) atoms. The van der Waals surface area contributed by atoms with Gasteiger partial charge in [-0.05, 0) is 49.1 Å². The number of anilines is 2. The topological polar surface area (TPSA) is 45.2 Å². The number of hydrogen-bond acceptors (Lipinski definition) is 3. The van der Waals surface area contributed by atoms with E-state index >= 15 is 0 Å². The molecule has 1 amide bonds. The van der Waals surface area contributed by atoms with Gasteiger partial charge in [-0.25, -0.2) is 0 Å². The Morgan fingerprint density at radius 1 is 1.11 bits per heavy atom. The third-order valence-corrected chi connectivity index (χ3v) is 4.99. The van der Waals surface area contributed by atoms with Crippen LogP contribution in [-0.2, 0) is 12.8 Å². The summed E-state index contributed by atoms with van der Waals surface area (Å²) in [7, 11) is 0. The molecule has 1 aromatic heterocycles. The van der Waals surface area contributed by atoms with Crippen molar-refractivity contribution in [3.05, 3.63) is 89.7 Å². The second kappa shape index (κ2) is 7.62. The summed E-state index contributed by atoms with van der Waals surface area (Å²) in [5.74, 6) is -0.0424. The number of fused-ring (bicyclic) bond motifs is 1. The Bertz CT molecular complexity index is 939. The summed E-state index contributed by atoms with van der Waals surface area (Å²) in [4.78, 5) is 19.3. The number of rotatable bonds is 5. The average Bonchev–Trinajstić information content (AvgIpc) is 3.04. The molecule has 1 aliphatic heterocycles. The van der Waals surface area contributed by atoms with Crippen LogP contribution in [0.15, 0.2) is 72.9 Å².